The van der Waals surface area contributed by atoms with E-state index in [1.54, 1.807) is 29.2 Å². The molecule has 1 saturated heterocycles. The van der Waals surface area contributed by atoms with Crippen molar-refractivity contribution in [3.8, 4) is 0 Å². The minimum atomic E-state index is -0.478. The number of aliphatic hydroxyl groups excluding tert-OH is 1. The summed E-state index contributed by atoms with van der Waals surface area (Å²) in [5, 5.41) is 9.84. The smallest absolute Gasteiger partial charge is 0.261 e. The fraction of sp³-hybridized carbons (Fsp3) is 0.526. The van der Waals surface area contributed by atoms with Crippen molar-refractivity contribution in [1.29, 1.82) is 0 Å². The third kappa shape index (κ3) is 2.95. The van der Waals surface area contributed by atoms with Crippen LogP contribution in [0.5, 0.6) is 0 Å². The van der Waals surface area contributed by atoms with Crippen LogP contribution in [0.4, 0.5) is 0 Å². The third-order valence-electron chi connectivity index (χ3n) is 5.33. The Balaban J connectivity index is 1.67. The molecule has 6 nitrogen and oxygen atoms in total. The van der Waals surface area contributed by atoms with Crippen molar-refractivity contribution < 1.29 is 19.5 Å². The lowest BCUT2D eigenvalue weighted by Gasteiger charge is -2.37. The van der Waals surface area contributed by atoms with Gasteiger partial charge >= 0.3 is 0 Å². The van der Waals surface area contributed by atoms with Crippen molar-refractivity contribution in [3.05, 3.63) is 35.4 Å². The van der Waals surface area contributed by atoms with E-state index in [-0.39, 0.29) is 37.3 Å². The molecule has 25 heavy (non-hydrogen) atoms. The molecule has 1 N–H and O–H groups in total. The molecule has 2 aliphatic heterocycles. The van der Waals surface area contributed by atoms with Crippen LogP contribution in [0.15, 0.2) is 24.3 Å². The van der Waals surface area contributed by atoms with Crippen LogP contribution in [0.3, 0.4) is 0 Å². The Morgan fingerprint density at radius 1 is 1.20 bits per heavy atom. The Hall–Kier alpha value is -2.21. The molecular weight excluding hydrogens is 320 g/mol. The number of aliphatic hydroxyl groups is 1. The van der Waals surface area contributed by atoms with Crippen LogP contribution in [0, 0.1) is 0 Å². The van der Waals surface area contributed by atoms with Gasteiger partial charge in [0.2, 0.25) is 5.91 Å². The predicted molar refractivity (Wildman–Crippen MR) is 92.1 cm³/mol. The van der Waals surface area contributed by atoms with Crippen molar-refractivity contribution in [3.63, 3.8) is 0 Å². The monoisotopic (exact) mass is 344 g/mol. The fourth-order valence-electron chi connectivity index (χ4n) is 4.08. The van der Waals surface area contributed by atoms with Gasteiger partial charge in [0.15, 0.2) is 0 Å². The first-order valence-corrected chi connectivity index (χ1v) is 8.90. The van der Waals surface area contributed by atoms with Gasteiger partial charge in [-0.3, -0.25) is 19.3 Å². The summed E-state index contributed by atoms with van der Waals surface area (Å²) >= 11 is 0. The fourth-order valence-corrected chi connectivity index (χ4v) is 4.08. The summed E-state index contributed by atoms with van der Waals surface area (Å²) in [6.45, 7) is 2.70. The van der Waals surface area contributed by atoms with E-state index in [1.165, 1.54) is 0 Å². The van der Waals surface area contributed by atoms with Gasteiger partial charge in [-0.25, -0.2) is 0 Å². The van der Waals surface area contributed by atoms with E-state index < -0.39 is 5.54 Å². The molecule has 6 heteroatoms. The van der Waals surface area contributed by atoms with Crippen molar-refractivity contribution in [1.82, 2.24) is 9.80 Å². The third-order valence-corrected chi connectivity index (χ3v) is 5.33. The standard InChI is InChI=1S/C19H24N2O4/c1-2-9-19(13-22)10-5-11-21(19)16(23)8-12-20-17(24)14-6-3-4-7-15(14)18(20)25/h3-4,6-7,22H,2,5,8-13H2,1H3/t19-/m0/s1. The van der Waals surface area contributed by atoms with Gasteiger partial charge in [-0.15, -0.1) is 0 Å². The van der Waals surface area contributed by atoms with Crippen molar-refractivity contribution in [2.24, 2.45) is 0 Å². The molecule has 1 fully saturated rings. The highest BCUT2D eigenvalue weighted by Crippen LogP contribution is 2.34. The van der Waals surface area contributed by atoms with Crippen LogP contribution in [0.25, 0.3) is 0 Å². The second kappa shape index (κ2) is 6.96. The van der Waals surface area contributed by atoms with Gasteiger partial charge in [0.1, 0.15) is 0 Å². The molecule has 3 amide bonds. The predicted octanol–water partition coefficient (Wildman–Crippen LogP) is 1.83. The molecule has 0 bridgehead atoms. The highest BCUT2D eigenvalue weighted by atomic mass is 16.3. The first kappa shape index (κ1) is 17.6. The molecule has 0 saturated carbocycles. The molecule has 0 aliphatic carbocycles. The Morgan fingerprint density at radius 2 is 1.84 bits per heavy atom. The zero-order valence-electron chi connectivity index (χ0n) is 14.5. The second-order valence-electron chi connectivity index (χ2n) is 6.84. The van der Waals surface area contributed by atoms with E-state index >= 15 is 0 Å². The van der Waals surface area contributed by atoms with Gasteiger partial charge in [-0.2, -0.15) is 0 Å². The minimum absolute atomic E-state index is 0.0421. The summed E-state index contributed by atoms with van der Waals surface area (Å²) in [7, 11) is 0. The average molecular weight is 344 g/mol. The molecule has 1 aromatic carbocycles. The lowest BCUT2D eigenvalue weighted by Crippen LogP contribution is -2.50. The maximum atomic E-state index is 12.7. The summed E-state index contributed by atoms with van der Waals surface area (Å²) in [6, 6.07) is 6.72. The quantitative estimate of drug-likeness (QED) is 0.799. The molecule has 0 spiro atoms. The zero-order chi connectivity index (χ0) is 18.0. The van der Waals surface area contributed by atoms with Crippen LogP contribution in [-0.4, -0.2) is 57.9 Å². The van der Waals surface area contributed by atoms with E-state index in [2.05, 4.69) is 0 Å². The summed E-state index contributed by atoms with van der Waals surface area (Å²) in [6.07, 6.45) is 3.43. The number of rotatable bonds is 6. The Bertz CT molecular complexity index is 667. The number of carbonyl (C=O) groups is 3. The molecule has 0 unspecified atom stereocenters. The lowest BCUT2D eigenvalue weighted by molar-refractivity contribution is -0.137. The number of imide groups is 1. The van der Waals surface area contributed by atoms with Crippen LogP contribution in [0.2, 0.25) is 0 Å². The van der Waals surface area contributed by atoms with Gasteiger partial charge in [0, 0.05) is 19.5 Å². The van der Waals surface area contributed by atoms with E-state index in [0.29, 0.717) is 17.7 Å². The Labute approximate surface area is 147 Å². The van der Waals surface area contributed by atoms with Crippen molar-refractivity contribution in [2.45, 2.75) is 44.6 Å². The molecule has 1 atom stereocenters. The SMILES string of the molecule is CCC[C@@]1(CO)CCCN1C(=O)CCN1C(=O)c2ccccc2C1=O. The van der Waals surface area contributed by atoms with Crippen LogP contribution < -0.4 is 0 Å². The second-order valence-corrected chi connectivity index (χ2v) is 6.84. The summed E-state index contributed by atoms with van der Waals surface area (Å²) < 4.78 is 0. The van der Waals surface area contributed by atoms with Gasteiger partial charge in [-0.05, 0) is 31.4 Å². The molecular formula is C19H24N2O4. The van der Waals surface area contributed by atoms with Gasteiger partial charge in [0.25, 0.3) is 11.8 Å². The number of nitrogens with zero attached hydrogens (tertiary/aromatic N) is 2. The topological polar surface area (TPSA) is 77.9 Å². The maximum Gasteiger partial charge on any atom is 0.261 e. The minimum Gasteiger partial charge on any atom is -0.394 e. The lowest BCUT2D eigenvalue weighted by atomic mass is 9.91. The molecule has 1 aromatic rings. The Morgan fingerprint density at radius 3 is 2.40 bits per heavy atom. The number of hydrogen-bond donors (Lipinski definition) is 1. The molecule has 2 heterocycles. The van der Waals surface area contributed by atoms with Crippen LogP contribution in [-0.2, 0) is 4.79 Å². The number of carbonyl (C=O) groups excluding carboxylic acids is 3. The van der Waals surface area contributed by atoms with E-state index in [0.717, 1.165) is 30.6 Å². The summed E-state index contributed by atoms with van der Waals surface area (Å²) in [5.74, 6) is -0.773. The van der Waals surface area contributed by atoms with Crippen molar-refractivity contribution in [2.75, 3.05) is 19.7 Å². The number of fused-ring (bicyclic) bond motifs is 1. The first-order valence-electron chi connectivity index (χ1n) is 8.90. The van der Waals surface area contributed by atoms with E-state index in [1.807, 2.05) is 6.92 Å². The zero-order valence-corrected chi connectivity index (χ0v) is 14.5. The summed E-state index contributed by atoms with van der Waals surface area (Å²) in [5.41, 5.74) is 0.321. The van der Waals surface area contributed by atoms with Gasteiger partial charge in [-0.1, -0.05) is 25.5 Å². The Kier molecular flexibility index (Phi) is 4.90. The first-order chi connectivity index (χ1) is 12.0. The van der Waals surface area contributed by atoms with Gasteiger partial charge < -0.3 is 10.0 Å². The molecule has 0 aromatic heterocycles. The van der Waals surface area contributed by atoms with Crippen LogP contribution in [0.1, 0.15) is 59.7 Å². The average Bonchev–Trinajstić information content (AvgIpc) is 3.15. The van der Waals surface area contributed by atoms with Crippen LogP contribution >= 0.6 is 0 Å². The largest absolute Gasteiger partial charge is 0.394 e. The normalized spacial score (nSPS) is 22.6. The molecule has 3 rings (SSSR count). The van der Waals surface area contributed by atoms with E-state index in [9.17, 15) is 19.5 Å². The van der Waals surface area contributed by atoms with Gasteiger partial charge in [0.05, 0.1) is 23.3 Å². The maximum absolute atomic E-state index is 12.7. The van der Waals surface area contributed by atoms with Crippen molar-refractivity contribution >= 4 is 17.7 Å². The highest BCUT2D eigenvalue weighted by Gasteiger charge is 2.42. The number of likely N-dealkylation sites (tertiary alicyclic amines) is 1. The van der Waals surface area contributed by atoms with E-state index in [4.69, 9.17) is 0 Å². The number of hydrogen-bond acceptors (Lipinski definition) is 4. The molecule has 134 valence electrons. The molecule has 0 radical (unpaired) electrons. The summed E-state index contributed by atoms with van der Waals surface area (Å²) in [4.78, 5) is 40.3. The number of benzene rings is 1. The number of amides is 3. The highest BCUT2D eigenvalue weighted by molar-refractivity contribution is 6.21. The molecule has 2 aliphatic rings.